The molecule has 3 heterocycles. The Balaban J connectivity index is 1.50. The molecule has 1 amide bonds. The molecule has 2 aliphatic heterocycles. The van der Waals surface area contributed by atoms with E-state index in [0.29, 0.717) is 13.2 Å². The predicted octanol–water partition coefficient (Wildman–Crippen LogP) is 2.04. The van der Waals surface area contributed by atoms with Gasteiger partial charge in [-0.05, 0) is 38.1 Å². The molecule has 0 aliphatic carbocycles. The minimum Gasteiger partial charge on any atom is -0.371 e. The van der Waals surface area contributed by atoms with E-state index in [0.717, 1.165) is 43.3 Å². The van der Waals surface area contributed by atoms with Crippen LogP contribution in [0, 0.1) is 12.3 Å². The Morgan fingerprint density at radius 2 is 2.04 bits per heavy atom. The SMILES string of the molecule is Cc1nccc(CN2CCC3(COCC(=O)N(c4ccccc4)C3)C2)n1. The molecule has 1 spiro atoms. The number of aromatic nitrogens is 2. The second-order valence-electron chi connectivity index (χ2n) is 7.36. The van der Waals surface area contributed by atoms with Gasteiger partial charge in [-0.15, -0.1) is 0 Å². The van der Waals surface area contributed by atoms with Crippen molar-refractivity contribution in [1.82, 2.24) is 14.9 Å². The molecular weight excluding hydrogens is 328 g/mol. The van der Waals surface area contributed by atoms with E-state index in [1.807, 2.05) is 54.4 Å². The molecule has 1 unspecified atom stereocenters. The highest BCUT2D eigenvalue weighted by atomic mass is 16.5. The summed E-state index contributed by atoms with van der Waals surface area (Å²) in [7, 11) is 0. The maximum absolute atomic E-state index is 12.5. The van der Waals surface area contributed by atoms with Crippen molar-refractivity contribution in [3.63, 3.8) is 0 Å². The summed E-state index contributed by atoms with van der Waals surface area (Å²) in [5, 5.41) is 0. The second kappa shape index (κ2) is 7.13. The predicted molar refractivity (Wildman–Crippen MR) is 98.7 cm³/mol. The number of para-hydroxylation sites is 1. The van der Waals surface area contributed by atoms with E-state index in [4.69, 9.17) is 4.74 Å². The van der Waals surface area contributed by atoms with Gasteiger partial charge in [0.15, 0.2) is 0 Å². The molecule has 0 saturated carbocycles. The molecule has 6 heteroatoms. The van der Waals surface area contributed by atoms with E-state index in [1.54, 1.807) is 0 Å². The molecule has 2 aromatic rings. The molecule has 0 bridgehead atoms. The Bertz CT molecular complexity index is 782. The number of ether oxygens (including phenoxy) is 1. The Morgan fingerprint density at radius 1 is 1.19 bits per heavy atom. The Morgan fingerprint density at radius 3 is 2.85 bits per heavy atom. The summed E-state index contributed by atoms with van der Waals surface area (Å²) in [5.41, 5.74) is 1.97. The van der Waals surface area contributed by atoms with Crippen molar-refractivity contribution in [2.75, 3.05) is 37.7 Å². The fourth-order valence-electron chi connectivity index (χ4n) is 3.98. The Hall–Kier alpha value is -2.31. The molecule has 26 heavy (non-hydrogen) atoms. The molecule has 2 saturated heterocycles. The van der Waals surface area contributed by atoms with Gasteiger partial charge in [-0.1, -0.05) is 18.2 Å². The van der Waals surface area contributed by atoms with Gasteiger partial charge in [0, 0.05) is 36.9 Å². The molecule has 2 fully saturated rings. The average molecular weight is 352 g/mol. The van der Waals surface area contributed by atoms with Crippen LogP contribution in [0.3, 0.4) is 0 Å². The third-order valence-electron chi connectivity index (χ3n) is 5.23. The lowest BCUT2D eigenvalue weighted by molar-refractivity contribution is -0.122. The summed E-state index contributed by atoms with van der Waals surface area (Å²) in [6, 6.07) is 11.9. The van der Waals surface area contributed by atoms with Gasteiger partial charge in [-0.2, -0.15) is 0 Å². The highest BCUT2D eigenvalue weighted by Gasteiger charge is 2.43. The minimum atomic E-state index is -0.0237. The van der Waals surface area contributed by atoms with E-state index in [-0.39, 0.29) is 17.9 Å². The summed E-state index contributed by atoms with van der Waals surface area (Å²) in [4.78, 5) is 25.5. The van der Waals surface area contributed by atoms with E-state index in [1.165, 1.54) is 0 Å². The van der Waals surface area contributed by atoms with Crippen LogP contribution in [0.4, 0.5) is 5.69 Å². The van der Waals surface area contributed by atoms with Crippen molar-refractivity contribution < 1.29 is 9.53 Å². The van der Waals surface area contributed by atoms with Crippen molar-refractivity contribution in [3.8, 4) is 0 Å². The van der Waals surface area contributed by atoms with E-state index in [9.17, 15) is 4.79 Å². The van der Waals surface area contributed by atoms with Crippen molar-refractivity contribution in [3.05, 3.63) is 54.1 Å². The number of benzene rings is 1. The van der Waals surface area contributed by atoms with E-state index < -0.39 is 0 Å². The van der Waals surface area contributed by atoms with Crippen LogP contribution in [0.1, 0.15) is 17.9 Å². The highest BCUT2D eigenvalue weighted by molar-refractivity contribution is 5.94. The number of nitrogens with zero attached hydrogens (tertiary/aromatic N) is 4. The van der Waals surface area contributed by atoms with Crippen LogP contribution in [0.25, 0.3) is 0 Å². The largest absolute Gasteiger partial charge is 0.371 e. The van der Waals surface area contributed by atoms with Crippen molar-refractivity contribution >= 4 is 11.6 Å². The number of likely N-dealkylation sites (tertiary alicyclic amines) is 1. The van der Waals surface area contributed by atoms with Gasteiger partial charge in [0.25, 0.3) is 5.91 Å². The molecule has 136 valence electrons. The summed E-state index contributed by atoms with van der Waals surface area (Å²) in [6.07, 6.45) is 2.84. The maximum atomic E-state index is 12.5. The number of rotatable bonds is 3. The van der Waals surface area contributed by atoms with Gasteiger partial charge in [0.05, 0.1) is 12.3 Å². The molecule has 1 aromatic heterocycles. The minimum absolute atomic E-state index is 0.0237. The number of amides is 1. The standard InChI is InChI=1S/C20H24N4O2/c1-16-21-9-7-17(22-16)11-23-10-8-20(13-23)14-24(19(25)12-26-15-20)18-5-3-2-4-6-18/h2-7,9H,8,10-15H2,1H3. The van der Waals surface area contributed by atoms with E-state index >= 15 is 0 Å². The third-order valence-corrected chi connectivity index (χ3v) is 5.23. The number of hydrogen-bond donors (Lipinski definition) is 0. The Kier molecular flexibility index (Phi) is 4.70. The van der Waals surface area contributed by atoms with Gasteiger partial charge in [0.2, 0.25) is 0 Å². The summed E-state index contributed by atoms with van der Waals surface area (Å²) in [5.74, 6) is 0.841. The zero-order valence-corrected chi connectivity index (χ0v) is 15.1. The zero-order chi connectivity index (χ0) is 18.0. The normalized spacial score (nSPS) is 24.2. The zero-order valence-electron chi connectivity index (χ0n) is 15.1. The number of hydrogen-bond acceptors (Lipinski definition) is 5. The van der Waals surface area contributed by atoms with Gasteiger partial charge in [-0.3, -0.25) is 9.69 Å². The van der Waals surface area contributed by atoms with Crippen molar-refractivity contribution in [2.24, 2.45) is 5.41 Å². The molecule has 1 aromatic carbocycles. The van der Waals surface area contributed by atoms with Crippen LogP contribution in [0.2, 0.25) is 0 Å². The molecule has 0 N–H and O–H groups in total. The van der Waals surface area contributed by atoms with Crippen LogP contribution in [0.15, 0.2) is 42.6 Å². The van der Waals surface area contributed by atoms with Crippen LogP contribution in [-0.4, -0.2) is 53.6 Å². The third kappa shape index (κ3) is 3.61. The topological polar surface area (TPSA) is 58.6 Å². The van der Waals surface area contributed by atoms with E-state index in [2.05, 4.69) is 14.9 Å². The van der Waals surface area contributed by atoms with Crippen LogP contribution >= 0.6 is 0 Å². The monoisotopic (exact) mass is 352 g/mol. The fraction of sp³-hybridized carbons (Fsp3) is 0.450. The first-order valence-electron chi connectivity index (χ1n) is 9.08. The molecule has 2 aliphatic rings. The van der Waals surface area contributed by atoms with Crippen LogP contribution < -0.4 is 4.90 Å². The summed E-state index contributed by atoms with van der Waals surface area (Å²) in [6.45, 7) is 6.11. The summed E-state index contributed by atoms with van der Waals surface area (Å²) < 4.78 is 5.77. The first-order chi connectivity index (χ1) is 12.6. The lowest BCUT2D eigenvalue weighted by Gasteiger charge is -2.32. The molecule has 4 rings (SSSR count). The Labute approximate surface area is 153 Å². The first-order valence-corrected chi connectivity index (χ1v) is 9.08. The van der Waals surface area contributed by atoms with Crippen molar-refractivity contribution in [2.45, 2.75) is 19.9 Å². The summed E-state index contributed by atoms with van der Waals surface area (Å²) >= 11 is 0. The fourth-order valence-corrected chi connectivity index (χ4v) is 3.98. The number of anilines is 1. The molecule has 1 atom stereocenters. The first kappa shape index (κ1) is 17.1. The van der Waals surface area contributed by atoms with Crippen LogP contribution in [0.5, 0.6) is 0 Å². The maximum Gasteiger partial charge on any atom is 0.252 e. The lowest BCUT2D eigenvalue weighted by Crippen LogP contribution is -2.42. The molecule has 0 radical (unpaired) electrons. The van der Waals surface area contributed by atoms with Gasteiger partial charge in [-0.25, -0.2) is 9.97 Å². The van der Waals surface area contributed by atoms with Crippen molar-refractivity contribution in [1.29, 1.82) is 0 Å². The molecule has 6 nitrogen and oxygen atoms in total. The van der Waals surface area contributed by atoms with Crippen LogP contribution in [-0.2, 0) is 16.1 Å². The molecular formula is C20H24N4O2. The quantitative estimate of drug-likeness (QED) is 0.846. The number of carbonyl (C=O) groups excluding carboxylic acids is 1. The highest BCUT2D eigenvalue weighted by Crippen LogP contribution is 2.35. The smallest absolute Gasteiger partial charge is 0.252 e. The van der Waals surface area contributed by atoms with Gasteiger partial charge >= 0.3 is 0 Å². The lowest BCUT2D eigenvalue weighted by atomic mass is 9.87. The number of carbonyl (C=O) groups is 1. The van der Waals surface area contributed by atoms with Gasteiger partial charge in [0.1, 0.15) is 12.4 Å². The average Bonchev–Trinajstić information content (AvgIpc) is 2.95. The second-order valence-corrected chi connectivity index (χ2v) is 7.36. The van der Waals surface area contributed by atoms with Gasteiger partial charge < -0.3 is 9.64 Å². The number of aryl methyl sites for hydroxylation is 1.